The minimum atomic E-state index is -0.0772. The molecule has 116 valence electrons. The van der Waals surface area contributed by atoms with Crippen LogP contribution in [0.4, 0.5) is 5.82 Å². The fourth-order valence-electron chi connectivity index (χ4n) is 3.37. The molecule has 1 fully saturated rings. The van der Waals surface area contributed by atoms with E-state index in [2.05, 4.69) is 15.8 Å². The van der Waals surface area contributed by atoms with Crippen LogP contribution in [0.15, 0.2) is 21.6 Å². The molecule has 0 radical (unpaired) electrons. The van der Waals surface area contributed by atoms with Crippen molar-refractivity contribution >= 4 is 34.8 Å². The van der Waals surface area contributed by atoms with E-state index in [1.807, 2.05) is 16.1 Å². The van der Waals surface area contributed by atoms with Crippen molar-refractivity contribution in [3.8, 4) is 0 Å². The lowest BCUT2D eigenvalue weighted by Gasteiger charge is -2.16. The maximum Gasteiger partial charge on any atom is 0.270 e. The van der Waals surface area contributed by atoms with Gasteiger partial charge in [-0.3, -0.25) is 19.4 Å². The monoisotopic (exact) mass is 335 g/mol. The van der Waals surface area contributed by atoms with Gasteiger partial charge >= 0.3 is 0 Å². The Hall–Kier alpha value is -1.47. The summed E-state index contributed by atoms with van der Waals surface area (Å²) in [5, 5.41) is 9.92. The zero-order chi connectivity index (χ0) is 15.1. The average molecular weight is 335 g/mol. The number of aromatic amines is 1. The van der Waals surface area contributed by atoms with E-state index in [1.165, 1.54) is 24.6 Å². The third-order valence-electron chi connectivity index (χ3n) is 4.40. The maximum atomic E-state index is 12.6. The maximum absolute atomic E-state index is 12.6. The third kappa shape index (κ3) is 2.32. The molecule has 2 aromatic heterocycles. The molecule has 2 aromatic rings. The van der Waals surface area contributed by atoms with E-state index in [4.69, 9.17) is 0 Å². The molecule has 1 atom stereocenters. The number of rotatable bonds is 2. The predicted molar refractivity (Wildman–Crippen MR) is 89.8 cm³/mol. The number of carbonyl (C=O) groups excluding carboxylic acids is 1. The topological polar surface area (TPSA) is 66.9 Å². The standard InChI is InChI=1S/C15H17N3O2S2/c19-11-8-22-13(9-5-6-21-7-9)12-14(16-11)18(17-15(12)20)10-3-1-2-4-10/h5-7,10,13H,1-4,8H2,(H,16,19)(H,17,20). The molecular formula is C15H17N3O2S2. The minimum Gasteiger partial charge on any atom is -0.310 e. The van der Waals surface area contributed by atoms with Crippen LogP contribution >= 0.6 is 23.1 Å². The van der Waals surface area contributed by atoms with Crippen molar-refractivity contribution in [2.24, 2.45) is 0 Å². The van der Waals surface area contributed by atoms with E-state index in [0.717, 1.165) is 18.4 Å². The number of anilines is 1. The first-order valence-electron chi connectivity index (χ1n) is 7.52. The first-order chi connectivity index (χ1) is 10.7. The number of nitrogens with zero attached hydrogens (tertiary/aromatic N) is 1. The van der Waals surface area contributed by atoms with Gasteiger partial charge in [0.05, 0.1) is 22.6 Å². The van der Waals surface area contributed by atoms with E-state index in [9.17, 15) is 9.59 Å². The second-order valence-corrected chi connectivity index (χ2v) is 7.68. The number of nitrogens with one attached hydrogen (secondary N) is 2. The summed E-state index contributed by atoms with van der Waals surface area (Å²) < 4.78 is 1.91. The molecule has 1 unspecified atom stereocenters. The number of H-pyrrole nitrogens is 1. The molecule has 4 rings (SSSR count). The Balaban J connectivity index is 1.85. The summed E-state index contributed by atoms with van der Waals surface area (Å²) in [5.74, 6) is 1.03. The van der Waals surface area contributed by atoms with Crippen molar-refractivity contribution in [1.29, 1.82) is 0 Å². The van der Waals surface area contributed by atoms with Gasteiger partial charge < -0.3 is 5.32 Å². The van der Waals surface area contributed by atoms with Gasteiger partial charge in [0.2, 0.25) is 5.91 Å². The highest BCUT2D eigenvalue weighted by Gasteiger charge is 2.32. The minimum absolute atomic E-state index is 0.0327. The lowest BCUT2D eigenvalue weighted by atomic mass is 10.1. The molecule has 0 aromatic carbocycles. The number of amides is 1. The van der Waals surface area contributed by atoms with Gasteiger partial charge in [-0.25, -0.2) is 0 Å². The van der Waals surface area contributed by atoms with Gasteiger partial charge in [0.1, 0.15) is 5.82 Å². The smallest absolute Gasteiger partial charge is 0.270 e. The van der Waals surface area contributed by atoms with Gasteiger partial charge in [-0.1, -0.05) is 12.8 Å². The van der Waals surface area contributed by atoms with Crippen LogP contribution in [0.1, 0.15) is 48.1 Å². The molecule has 1 amide bonds. The summed E-state index contributed by atoms with van der Waals surface area (Å²) in [6.45, 7) is 0. The van der Waals surface area contributed by atoms with Crippen LogP contribution in [0.3, 0.4) is 0 Å². The van der Waals surface area contributed by atoms with Crippen LogP contribution in [0.2, 0.25) is 0 Å². The molecular weight excluding hydrogens is 318 g/mol. The molecule has 2 aliphatic rings. The SMILES string of the molecule is O=C1CSC(c2ccsc2)c2c(n(C3CCCC3)[nH]c2=O)N1. The van der Waals surface area contributed by atoms with Crippen molar-refractivity contribution in [2.75, 3.05) is 11.1 Å². The Morgan fingerprint density at radius 1 is 1.23 bits per heavy atom. The van der Waals surface area contributed by atoms with E-state index in [-0.39, 0.29) is 16.7 Å². The van der Waals surface area contributed by atoms with E-state index >= 15 is 0 Å². The molecule has 0 bridgehead atoms. The van der Waals surface area contributed by atoms with E-state index < -0.39 is 0 Å². The summed E-state index contributed by atoms with van der Waals surface area (Å²) in [6.07, 6.45) is 4.47. The van der Waals surface area contributed by atoms with Crippen molar-refractivity contribution in [3.05, 3.63) is 38.3 Å². The van der Waals surface area contributed by atoms with E-state index in [0.29, 0.717) is 23.2 Å². The fraction of sp³-hybridized carbons (Fsp3) is 0.467. The average Bonchev–Trinajstić information content (AvgIpc) is 3.21. The second kappa shape index (κ2) is 5.62. The third-order valence-corrected chi connectivity index (χ3v) is 6.37. The highest BCUT2D eigenvalue weighted by atomic mass is 32.2. The second-order valence-electron chi connectivity index (χ2n) is 5.81. The van der Waals surface area contributed by atoms with Crippen LogP contribution < -0.4 is 10.9 Å². The Morgan fingerprint density at radius 3 is 2.77 bits per heavy atom. The quantitative estimate of drug-likeness (QED) is 0.886. The van der Waals surface area contributed by atoms with Gasteiger partial charge in [-0.15, -0.1) is 11.8 Å². The van der Waals surface area contributed by atoms with Crippen molar-refractivity contribution < 1.29 is 4.79 Å². The normalized spacial score (nSPS) is 22.4. The highest BCUT2D eigenvalue weighted by molar-refractivity contribution is 8.00. The van der Waals surface area contributed by atoms with Crippen LogP contribution in [0, 0.1) is 0 Å². The molecule has 1 saturated carbocycles. The summed E-state index contributed by atoms with van der Waals surface area (Å²) in [7, 11) is 0. The van der Waals surface area contributed by atoms with Crippen molar-refractivity contribution in [3.63, 3.8) is 0 Å². The van der Waals surface area contributed by atoms with Crippen LogP contribution in [-0.4, -0.2) is 21.4 Å². The number of carbonyl (C=O) groups is 1. The number of thioether (sulfide) groups is 1. The summed E-state index contributed by atoms with van der Waals surface area (Å²) in [5.41, 5.74) is 1.72. The Labute approximate surface area is 136 Å². The Kier molecular flexibility index (Phi) is 3.62. The van der Waals surface area contributed by atoms with Crippen molar-refractivity contribution in [1.82, 2.24) is 9.78 Å². The molecule has 1 aliphatic carbocycles. The molecule has 3 heterocycles. The van der Waals surface area contributed by atoms with Gasteiger partial charge in [0.25, 0.3) is 5.56 Å². The number of aromatic nitrogens is 2. The zero-order valence-electron chi connectivity index (χ0n) is 12.0. The lowest BCUT2D eigenvalue weighted by molar-refractivity contribution is -0.113. The molecule has 5 nitrogen and oxygen atoms in total. The molecule has 7 heteroatoms. The molecule has 0 saturated heterocycles. The molecule has 1 aliphatic heterocycles. The first kappa shape index (κ1) is 14.1. The highest BCUT2D eigenvalue weighted by Crippen LogP contribution is 2.42. The summed E-state index contributed by atoms with van der Waals surface area (Å²) in [6, 6.07) is 2.33. The Bertz CT molecular complexity index is 741. The van der Waals surface area contributed by atoms with Crippen LogP contribution in [-0.2, 0) is 4.79 Å². The van der Waals surface area contributed by atoms with E-state index in [1.54, 1.807) is 11.3 Å². The molecule has 0 spiro atoms. The van der Waals surface area contributed by atoms with Gasteiger partial charge in [-0.2, -0.15) is 11.3 Å². The van der Waals surface area contributed by atoms with Crippen molar-refractivity contribution in [2.45, 2.75) is 37.0 Å². The fourth-order valence-corrected chi connectivity index (χ4v) is 5.25. The van der Waals surface area contributed by atoms with Gasteiger partial charge in [0, 0.05) is 0 Å². The van der Waals surface area contributed by atoms with Gasteiger partial charge in [-0.05, 0) is 35.2 Å². The van der Waals surface area contributed by atoms with Gasteiger partial charge in [0.15, 0.2) is 0 Å². The number of hydrogen-bond donors (Lipinski definition) is 2. The van der Waals surface area contributed by atoms with Crippen LogP contribution in [0.5, 0.6) is 0 Å². The molecule has 22 heavy (non-hydrogen) atoms. The number of thiophene rings is 1. The zero-order valence-corrected chi connectivity index (χ0v) is 13.6. The first-order valence-corrected chi connectivity index (χ1v) is 9.51. The van der Waals surface area contributed by atoms with Crippen LogP contribution in [0.25, 0.3) is 0 Å². The number of hydrogen-bond acceptors (Lipinski definition) is 4. The number of fused-ring (bicyclic) bond motifs is 1. The largest absolute Gasteiger partial charge is 0.310 e. The Morgan fingerprint density at radius 2 is 2.05 bits per heavy atom. The molecule has 2 N–H and O–H groups in total. The summed E-state index contributed by atoms with van der Waals surface area (Å²) in [4.78, 5) is 24.6. The summed E-state index contributed by atoms with van der Waals surface area (Å²) >= 11 is 3.14. The predicted octanol–water partition coefficient (Wildman–Crippen LogP) is 3.13. The lowest BCUT2D eigenvalue weighted by Crippen LogP contribution is -2.18.